The number of aliphatic carboxylic acids is 2. The van der Waals surface area contributed by atoms with Gasteiger partial charge in [0.25, 0.3) is 0 Å². The number of carboxylic acid groups (broad SMARTS) is 2. The van der Waals surface area contributed by atoms with E-state index in [1.807, 2.05) is 0 Å². The van der Waals surface area contributed by atoms with Crippen molar-refractivity contribution in [3.63, 3.8) is 0 Å². The second kappa shape index (κ2) is 49.3. The second-order valence-corrected chi connectivity index (χ2v) is 31.3. The van der Waals surface area contributed by atoms with E-state index in [1.54, 1.807) is 0 Å². The van der Waals surface area contributed by atoms with Crippen LogP contribution in [-0.4, -0.2) is 397 Å². The van der Waals surface area contributed by atoms with Gasteiger partial charge < -0.3 is 165 Å². The van der Waals surface area contributed by atoms with E-state index in [2.05, 4.69) is 104 Å². The molecular formula is C73H114N20O30S2. The number of carbonyl (C=O) groups excluding carboxylic acids is 14. The number of carboxylic acids is 2. The Labute approximate surface area is 725 Å². The zero-order valence-electron chi connectivity index (χ0n) is 68.6. The minimum absolute atomic E-state index is 0.0121. The van der Waals surface area contributed by atoms with Crippen molar-refractivity contribution in [3.05, 3.63) is 36.4 Å². The van der Waals surface area contributed by atoms with Gasteiger partial charge in [-0.1, -0.05) is 0 Å². The van der Waals surface area contributed by atoms with Gasteiger partial charge in [0.1, 0.15) is 121 Å². The number of amides is 14. The normalized spacial score (nSPS) is 25.0. The summed E-state index contributed by atoms with van der Waals surface area (Å²) in [5.74, 6) is -17.4. The fraction of sp³-hybridized carbons (Fsp3) is 0.699. The Balaban J connectivity index is 0.993. The molecule has 5 saturated heterocycles. The van der Waals surface area contributed by atoms with Crippen molar-refractivity contribution < 1.29 is 147 Å². The number of hydrogen-bond donors (Lipinski definition) is 27. The average molecular weight is 1820 g/mol. The molecule has 7 heterocycles. The van der Waals surface area contributed by atoms with Crippen molar-refractivity contribution in [1.82, 2.24) is 93.1 Å². The van der Waals surface area contributed by atoms with E-state index in [0.717, 1.165) is 21.6 Å². The van der Waals surface area contributed by atoms with E-state index in [0.29, 0.717) is 31.4 Å². The molecular weight excluding hydrogens is 1700 g/mol. The quantitative estimate of drug-likeness (QED) is 0.0216. The van der Waals surface area contributed by atoms with Crippen LogP contribution >= 0.6 is 25.3 Å². The number of H-pyrrole nitrogens is 2. The van der Waals surface area contributed by atoms with Gasteiger partial charge >= 0.3 is 11.9 Å². The van der Waals surface area contributed by atoms with E-state index in [9.17, 15) is 128 Å². The van der Waals surface area contributed by atoms with Crippen molar-refractivity contribution in [2.45, 2.75) is 250 Å². The van der Waals surface area contributed by atoms with Crippen LogP contribution in [0.15, 0.2) is 25.0 Å². The number of rotatable bonds is 47. The van der Waals surface area contributed by atoms with E-state index < -0.39 is 292 Å². The van der Waals surface area contributed by atoms with Crippen LogP contribution in [0.3, 0.4) is 0 Å². The lowest BCUT2D eigenvalue weighted by Gasteiger charge is -2.45. The van der Waals surface area contributed by atoms with Gasteiger partial charge in [-0.05, 0) is 91.5 Å². The third kappa shape index (κ3) is 28.8. The highest BCUT2D eigenvalue weighted by atomic mass is 32.1. The zero-order valence-corrected chi connectivity index (χ0v) is 70.3. The number of nitrogens with zero attached hydrogens (tertiary/aromatic N) is 5. The number of unbranched alkanes of at least 4 members (excludes halogenated alkanes) is 1. The van der Waals surface area contributed by atoms with Gasteiger partial charge in [-0.25, -0.2) is 14.8 Å². The second-order valence-electron chi connectivity index (χ2n) is 30.6. The van der Waals surface area contributed by atoms with Crippen LogP contribution in [0, 0.1) is 0 Å². The molecule has 50 nitrogen and oxygen atoms in total. The molecule has 14 amide bonds. The van der Waals surface area contributed by atoms with Crippen LogP contribution in [-0.2, 0) is 109 Å². The minimum atomic E-state index is -2.12. The summed E-state index contributed by atoms with van der Waals surface area (Å²) in [5.41, 5.74) is 11.9. The summed E-state index contributed by atoms with van der Waals surface area (Å²) >= 11 is 8.40. The number of nitrogens with one attached hydrogen (secondary N) is 13. The van der Waals surface area contributed by atoms with E-state index in [4.69, 9.17) is 30.4 Å². The number of hydrogen-bond acceptors (Lipinski definition) is 34. The molecule has 0 aromatic carbocycles. The van der Waals surface area contributed by atoms with E-state index >= 15 is 0 Å². The zero-order chi connectivity index (χ0) is 92.2. The van der Waals surface area contributed by atoms with Crippen LogP contribution in [0.1, 0.15) is 103 Å². The van der Waals surface area contributed by atoms with Gasteiger partial charge in [-0.3, -0.25) is 71.9 Å². The lowest BCUT2D eigenvalue weighted by atomic mass is 9.97. The molecule has 0 spiro atoms. The maximum Gasteiger partial charge on any atom is 0.326 e. The van der Waals surface area contributed by atoms with Gasteiger partial charge in [0.05, 0.1) is 57.8 Å². The van der Waals surface area contributed by atoms with Crippen LogP contribution in [0.25, 0.3) is 0 Å². The van der Waals surface area contributed by atoms with Crippen molar-refractivity contribution in [3.8, 4) is 0 Å². The third-order valence-corrected chi connectivity index (χ3v) is 22.2. The standard InChI is InChI=1S/C73H114N20O30S2/c1-32(82-62(109)41(25-94)87-65(112)44(29-125)90-68(115)47-12-8-18-93(47)70(117)52(75)33(2)96)59(106)88-42(27-120-72-57(105)55(103)58(34(3)121-72)123-73-56(104)54(102)53(101)48(26-95)122-73)63(110)89-43(28-124)64(111)85-39(19-35-21-76-30-80-35)60(107)79-23-49(97)78-24-50(98)91-16-6-10-45(91)66(113)86-40(20-36-22-77-31-81-36)61(108)83-37(13-14-51(99)100)69(116)92-17-7-11-46(92)67(114)84-38(71(118)119)9-4-5-15-74/h21-22,30-34,37-48,52-58,72-73,94-96,101-105,124-125H,4-20,23-29,74-75H2,1-3H3,(H,76,80)(H,77,81)(H,78,97)(H,79,107)(H,82,109)(H,83,108)(H,84,114)(H,85,111)(H,86,113)(H,87,112)(H,88,106)(H,89,110)(H,90,115)(H,99,100)(H,118,119)/t32-,33+,34+,37-,38-,39-,40-,41-,42-,43-,44-,45-,46-,47-,48+,52-,53+,54-,55+,56+,57+,58-,72?,73?/m0/s1. The maximum absolute atomic E-state index is 14.6. The van der Waals surface area contributed by atoms with Gasteiger partial charge in [0.15, 0.2) is 12.6 Å². The number of carbonyl (C=O) groups is 16. The molecule has 27 N–H and O–H groups in total. The van der Waals surface area contributed by atoms with Gasteiger partial charge in [-0.2, -0.15) is 25.3 Å². The highest BCUT2D eigenvalue weighted by Crippen LogP contribution is 2.31. The molecule has 5 aliphatic rings. The van der Waals surface area contributed by atoms with E-state index in [-0.39, 0.29) is 82.6 Å². The summed E-state index contributed by atoms with van der Waals surface area (Å²) in [7, 11) is 0. The van der Waals surface area contributed by atoms with Crippen molar-refractivity contribution in [1.29, 1.82) is 0 Å². The van der Waals surface area contributed by atoms with Gasteiger partial charge in [0, 0.05) is 74.2 Å². The summed E-state index contributed by atoms with van der Waals surface area (Å²) in [6.45, 7) is -0.608. The van der Waals surface area contributed by atoms with Crippen molar-refractivity contribution >= 4 is 120 Å². The number of imidazole rings is 2. The smallest absolute Gasteiger partial charge is 0.326 e. The average Bonchev–Trinajstić information content (AvgIpc) is 1.79. The Morgan fingerprint density at radius 2 is 1.04 bits per heavy atom. The first-order valence-corrected chi connectivity index (χ1v) is 41.8. The molecule has 5 aliphatic heterocycles. The number of ether oxygens (including phenoxy) is 4. The highest BCUT2D eigenvalue weighted by molar-refractivity contribution is 7.80. The van der Waals surface area contributed by atoms with Crippen LogP contribution in [0.4, 0.5) is 0 Å². The third-order valence-electron chi connectivity index (χ3n) is 21.4. The molecule has 0 radical (unpaired) electrons. The molecule has 2 aromatic rings. The first-order chi connectivity index (χ1) is 59.4. The Morgan fingerprint density at radius 1 is 0.552 bits per heavy atom. The Morgan fingerprint density at radius 3 is 1.58 bits per heavy atom. The van der Waals surface area contributed by atoms with Crippen molar-refractivity contribution in [2.24, 2.45) is 11.5 Å². The maximum atomic E-state index is 14.6. The SMILES string of the molecule is C[C@H](NC(=O)[C@H](CO)NC(=O)[C@H](CS)NC(=O)[C@@H]1CCCN1C(=O)[C@@H](N)[C@@H](C)O)C(=O)N[C@@H](COC1O[C@H](C)[C@H](OC2O[C@H](CO)[C@@H](O)[C@H](O)[C@H]2O)[C@H](O)[C@H]1O)C(=O)N[C@@H](CS)C(=O)N[C@@H](Cc1cnc[nH]1)C(=O)NCC(=O)NCC(=O)N1CCC[C@H]1C(=O)N[C@@H](Cc1cnc[nH]1)C(=O)N[C@@H](CCC(=O)O)C(=O)N1CCC[C@H]1C(=O)N[C@@H](CCCCN)C(=O)O. The summed E-state index contributed by atoms with van der Waals surface area (Å²) < 4.78 is 22.6. The predicted octanol–water partition coefficient (Wildman–Crippen LogP) is -13.2. The number of aliphatic hydroxyl groups excluding tert-OH is 8. The molecule has 2 unspecified atom stereocenters. The summed E-state index contributed by atoms with van der Waals surface area (Å²) in [6, 6.07) is -19.8. The first-order valence-electron chi connectivity index (χ1n) is 40.5. The fourth-order valence-corrected chi connectivity index (χ4v) is 14.8. The molecule has 52 heteroatoms. The van der Waals surface area contributed by atoms with Crippen molar-refractivity contribution in [2.75, 3.05) is 70.6 Å². The molecule has 24 atom stereocenters. The highest BCUT2D eigenvalue weighted by Gasteiger charge is 2.51. The van der Waals surface area contributed by atoms with E-state index in [1.165, 1.54) is 38.9 Å². The monoisotopic (exact) mass is 1810 g/mol. The summed E-state index contributed by atoms with van der Waals surface area (Å²) in [6.07, 6.45) is -13.7. The topological polar surface area (TPSA) is 764 Å². The number of aliphatic hydroxyl groups is 8. The lowest BCUT2D eigenvalue weighted by molar-refractivity contribution is -0.355. The molecule has 698 valence electrons. The number of likely N-dealkylation sites (tertiary alicyclic amines) is 3. The molecule has 5 fully saturated rings. The Kier molecular flexibility index (Phi) is 40.3. The molecule has 0 aliphatic carbocycles. The van der Waals surface area contributed by atoms with Crippen LogP contribution < -0.4 is 70.0 Å². The molecule has 125 heavy (non-hydrogen) atoms. The minimum Gasteiger partial charge on any atom is -0.481 e. The summed E-state index contributed by atoms with van der Waals surface area (Å²) in [4.78, 5) is 236. The molecule has 2 aromatic heterocycles. The fourth-order valence-electron chi connectivity index (χ4n) is 14.3. The van der Waals surface area contributed by atoms with Crippen LogP contribution in [0.5, 0.6) is 0 Å². The Hall–Kier alpha value is -9.92. The Bertz CT molecular complexity index is 4010. The number of thiol groups is 2. The predicted molar refractivity (Wildman–Crippen MR) is 431 cm³/mol. The van der Waals surface area contributed by atoms with Crippen LogP contribution in [0.2, 0.25) is 0 Å². The molecule has 7 rings (SSSR count). The summed E-state index contributed by atoms with van der Waals surface area (Å²) in [5, 5.41) is 130. The van der Waals surface area contributed by atoms with Gasteiger partial charge in [0.2, 0.25) is 82.7 Å². The largest absolute Gasteiger partial charge is 0.481 e. The molecule has 0 bridgehead atoms. The first kappa shape index (κ1) is 102. The molecule has 0 saturated carbocycles. The lowest BCUT2D eigenvalue weighted by Crippen LogP contribution is -2.64. The number of aromatic nitrogens is 4. The number of aromatic amines is 2. The number of nitrogens with two attached hydrogens (primary N) is 2. The van der Waals surface area contributed by atoms with Gasteiger partial charge in [-0.15, -0.1) is 0 Å².